The molecule has 1 aromatic rings. The van der Waals surface area contributed by atoms with Crippen LogP contribution in [0.15, 0.2) is 18.3 Å². The zero-order chi connectivity index (χ0) is 10.6. The molecule has 0 aliphatic carbocycles. The van der Waals surface area contributed by atoms with Crippen molar-refractivity contribution in [2.24, 2.45) is 5.73 Å². The number of nitrogens with zero attached hydrogens (tertiary/aromatic N) is 1. The van der Waals surface area contributed by atoms with Gasteiger partial charge in [-0.05, 0) is 6.07 Å². The number of carbonyl (C=O) groups excluding carboxylic acids is 1. The van der Waals surface area contributed by atoms with Crippen molar-refractivity contribution >= 4 is 11.9 Å². The fourth-order valence-corrected chi connectivity index (χ4v) is 0.747. The zero-order valence-electron chi connectivity index (χ0n) is 7.14. The number of amides is 1. The first-order chi connectivity index (χ1) is 6.59. The summed E-state index contributed by atoms with van der Waals surface area (Å²) in [7, 11) is 0. The number of primary amides is 1. The van der Waals surface area contributed by atoms with Gasteiger partial charge in [-0.1, -0.05) is 0 Å². The van der Waals surface area contributed by atoms with Crippen molar-refractivity contribution in [2.45, 2.75) is 0 Å². The Hall–Kier alpha value is -2.11. The Morgan fingerprint density at radius 2 is 2.21 bits per heavy atom. The van der Waals surface area contributed by atoms with Gasteiger partial charge in [0.2, 0.25) is 11.8 Å². The highest BCUT2D eigenvalue weighted by Crippen LogP contribution is 2.06. The first kappa shape index (κ1) is 9.97. The third kappa shape index (κ3) is 2.74. The number of carbonyl (C=O) groups is 2. The largest absolute Gasteiger partial charge is 0.479 e. The fraction of sp³-hybridized carbons (Fsp3) is 0.125. The Morgan fingerprint density at radius 1 is 1.50 bits per heavy atom. The summed E-state index contributed by atoms with van der Waals surface area (Å²) in [5, 5.41) is 8.29. The maximum absolute atomic E-state index is 10.6. The van der Waals surface area contributed by atoms with Crippen LogP contribution in [0.5, 0.6) is 5.88 Å². The van der Waals surface area contributed by atoms with Crippen molar-refractivity contribution in [1.82, 2.24) is 4.98 Å². The van der Waals surface area contributed by atoms with Crippen LogP contribution in [0.2, 0.25) is 0 Å². The molecule has 0 radical (unpaired) electrons. The highest BCUT2D eigenvalue weighted by atomic mass is 16.5. The summed E-state index contributed by atoms with van der Waals surface area (Å²) in [6.45, 7) is -0.469. The van der Waals surface area contributed by atoms with Gasteiger partial charge < -0.3 is 15.6 Å². The van der Waals surface area contributed by atoms with Crippen LogP contribution < -0.4 is 10.5 Å². The van der Waals surface area contributed by atoms with E-state index in [-0.39, 0.29) is 11.4 Å². The number of aliphatic carboxylic acids is 1. The van der Waals surface area contributed by atoms with Crippen LogP contribution in [0.1, 0.15) is 10.4 Å². The number of hydrogen-bond donors (Lipinski definition) is 2. The van der Waals surface area contributed by atoms with E-state index in [1.807, 2.05) is 0 Å². The van der Waals surface area contributed by atoms with Crippen LogP contribution in [0.4, 0.5) is 0 Å². The molecule has 0 spiro atoms. The molecule has 0 atom stereocenters. The summed E-state index contributed by atoms with van der Waals surface area (Å²) < 4.78 is 4.74. The van der Waals surface area contributed by atoms with E-state index in [1.165, 1.54) is 18.3 Å². The van der Waals surface area contributed by atoms with Crippen LogP contribution in [-0.4, -0.2) is 28.6 Å². The topological polar surface area (TPSA) is 103 Å². The Balaban J connectivity index is 2.64. The summed E-state index contributed by atoms with van der Waals surface area (Å²) in [6, 6.07) is 2.79. The van der Waals surface area contributed by atoms with E-state index in [0.717, 1.165) is 0 Å². The summed E-state index contributed by atoms with van der Waals surface area (Å²) in [6.07, 6.45) is 1.22. The van der Waals surface area contributed by atoms with Crippen LogP contribution in [0.3, 0.4) is 0 Å². The number of nitrogens with two attached hydrogens (primary N) is 1. The molecule has 6 nitrogen and oxygen atoms in total. The van der Waals surface area contributed by atoms with E-state index >= 15 is 0 Å². The Labute approximate surface area is 79.3 Å². The zero-order valence-corrected chi connectivity index (χ0v) is 7.14. The fourth-order valence-electron chi connectivity index (χ4n) is 0.747. The highest BCUT2D eigenvalue weighted by molar-refractivity contribution is 5.92. The molecule has 0 unspecified atom stereocenters. The molecule has 14 heavy (non-hydrogen) atoms. The molecule has 0 saturated heterocycles. The van der Waals surface area contributed by atoms with Crippen LogP contribution in [0.25, 0.3) is 0 Å². The van der Waals surface area contributed by atoms with Gasteiger partial charge in [0.15, 0.2) is 6.61 Å². The molecule has 0 fully saturated rings. The molecule has 1 amide bonds. The molecule has 0 bridgehead atoms. The van der Waals surface area contributed by atoms with Crippen molar-refractivity contribution in [3.05, 3.63) is 23.9 Å². The van der Waals surface area contributed by atoms with Gasteiger partial charge >= 0.3 is 5.97 Å². The third-order valence-corrected chi connectivity index (χ3v) is 1.36. The minimum absolute atomic E-state index is 0.136. The molecular formula is C8H8N2O4. The van der Waals surface area contributed by atoms with E-state index in [4.69, 9.17) is 15.6 Å². The molecule has 0 saturated carbocycles. The number of carboxylic acid groups (broad SMARTS) is 1. The first-order valence-corrected chi connectivity index (χ1v) is 3.70. The van der Waals surface area contributed by atoms with Gasteiger partial charge in [0, 0.05) is 12.3 Å². The molecule has 0 aliphatic heterocycles. The molecule has 1 rings (SSSR count). The van der Waals surface area contributed by atoms with Crippen LogP contribution in [0, 0.1) is 0 Å². The van der Waals surface area contributed by atoms with Crippen LogP contribution >= 0.6 is 0 Å². The summed E-state index contributed by atoms with van der Waals surface area (Å²) >= 11 is 0. The second kappa shape index (κ2) is 4.22. The maximum atomic E-state index is 10.6. The predicted octanol–water partition coefficient (Wildman–Crippen LogP) is -0.356. The van der Waals surface area contributed by atoms with Gasteiger partial charge in [-0.25, -0.2) is 9.78 Å². The van der Waals surface area contributed by atoms with Gasteiger partial charge in [-0.2, -0.15) is 0 Å². The Morgan fingerprint density at radius 3 is 2.64 bits per heavy atom. The SMILES string of the molecule is NC(=O)c1ccc(OCC(=O)O)nc1. The smallest absolute Gasteiger partial charge is 0.341 e. The highest BCUT2D eigenvalue weighted by Gasteiger charge is 2.03. The molecule has 1 aromatic heterocycles. The van der Waals surface area contributed by atoms with Gasteiger partial charge in [-0.3, -0.25) is 4.79 Å². The third-order valence-electron chi connectivity index (χ3n) is 1.36. The van der Waals surface area contributed by atoms with Crippen molar-refractivity contribution in [3.63, 3.8) is 0 Å². The minimum atomic E-state index is -1.09. The van der Waals surface area contributed by atoms with Crippen molar-refractivity contribution < 1.29 is 19.4 Å². The maximum Gasteiger partial charge on any atom is 0.341 e. The number of hydrogen-bond acceptors (Lipinski definition) is 4. The normalized spacial score (nSPS) is 9.43. The Bertz CT molecular complexity index is 347. The molecular weight excluding hydrogens is 188 g/mol. The van der Waals surface area contributed by atoms with E-state index in [9.17, 15) is 9.59 Å². The second-order valence-electron chi connectivity index (χ2n) is 2.43. The minimum Gasteiger partial charge on any atom is -0.479 e. The molecule has 3 N–H and O–H groups in total. The van der Waals surface area contributed by atoms with Crippen molar-refractivity contribution in [3.8, 4) is 5.88 Å². The lowest BCUT2D eigenvalue weighted by Gasteiger charge is -2.01. The van der Waals surface area contributed by atoms with E-state index in [0.29, 0.717) is 0 Å². The van der Waals surface area contributed by atoms with E-state index in [2.05, 4.69) is 4.98 Å². The second-order valence-corrected chi connectivity index (χ2v) is 2.43. The summed E-state index contributed by atoms with van der Waals surface area (Å²) in [5.41, 5.74) is 5.22. The monoisotopic (exact) mass is 196 g/mol. The molecule has 1 heterocycles. The summed E-state index contributed by atoms with van der Waals surface area (Å²) in [4.78, 5) is 24.4. The van der Waals surface area contributed by atoms with Gasteiger partial charge in [0.25, 0.3) is 0 Å². The summed E-state index contributed by atoms with van der Waals surface area (Å²) in [5.74, 6) is -1.55. The number of carboxylic acids is 1. The molecule has 0 aliphatic rings. The van der Waals surface area contributed by atoms with E-state index < -0.39 is 18.5 Å². The number of rotatable bonds is 4. The number of aromatic nitrogens is 1. The van der Waals surface area contributed by atoms with Gasteiger partial charge in [0.05, 0.1) is 5.56 Å². The standard InChI is InChI=1S/C8H8N2O4/c9-8(13)5-1-2-6(10-3-5)14-4-7(11)12/h1-3H,4H2,(H2,9,13)(H,11,12). The van der Waals surface area contributed by atoms with Gasteiger partial charge in [-0.15, -0.1) is 0 Å². The van der Waals surface area contributed by atoms with Crippen molar-refractivity contribution in [1.29, 1.82) is 0 Å². The van der Waals surface area contributed by atoms with Gasteiger partial charge in [0.1, 0.15) is 0 Å². The van der Waals surface area contributed by atoms with Crippen LogP contribution in [-0.2, 0) is 4.79 Å². The van der Waals surface area contributed by atoms with E-state index in [1.54, 1.807) is 0 Å². The average Bonchev–Trinajstić information content (AvgIpc) is 2.15. The molecule has 6 heteroatoms. The lowest BCUT2D eigenvalue weighted by molar-refractivity contribution is -0.139. The molecule has 74 valence electrons. The Kier molecular flexibility index (Phi) is 3.01. The quantitative estimate of drug-likeness (QED) is 0.684. The first-order valence-electron chi connectivity index (χ1n) is 3.70. The average molecular weight is 196 g/mol. The predicted molar refractivity (Wildman–Crippen MR) is 45.9 cm³/mol. The lowest BCUT2D eigenvalue weighted by Crippen LogP contribution is -2.12. The lowest BCUT2D eigenvalue weighted by atomic mass is 10.3. The number of ether oxygens (including phenoxy) is 1. The van der Waals surface area contributed by atoms with Crippen molar-refractivity contribution in [2.75, 3.05) is 6.61 Å². The molecule has 0 aromatic carbocycles. The number of pyridine rings is 1.